The molecule has 0 aliphatic carbocycles. The molecule has 0 saturated heterocycles. The van der Waals surface area contributed by atoms with Crippen LogP contribution in [0.3, 0.4) is 0 Å². The molecule has 0 spiro atoms. The van der Waals surface area contributed by atoms with Crippen molar-refractivity contribution >= 4 is 11.6 Å². The van der Waals surface area contributed by atoms with Crippen molar-refractivity contribution in [1.29, 1.82) is 0 Å². The molecule has 1 N–H and O–H groups in total. The van der Waals surface area contributed by atoms with Gasteiger partial charge >= 0.3 is 0 Å². The summed E-state index contributed by atoms with van der Waals surface area (Å²) in [6, 6.07) is 10.4. The molecule has 120 valence electrons. The molecule has 1 aromatic heterocycles. The summed E-state index contributed by atoms with van der Waals surface area (Å²) >= 11 is 6.36. The van der Waals surface area contributed by atoms with Gasteiger partial charge in [0.1, 0.15) is 5.15 Å². The van der Waals surface area contributed by atoms with Gasteiger partial charge in [-0.2, -0.15) is 5.10 Å². The molecule has 0 bridgehead atoms. The summed E-state index contributed by atoms with van der Waals surface area (Å²) in [7, 11) is 1.86. The minimum atomic E-state index is 0.186. The summed E-state index contributed by atoms with van der Waals surface area (Å²) in [5, 5.41) is 14.4. The van der Waals surface area contributed by atoms with E-state index in [9.17, 15) is 5.11 Å². The van der Waals surface area contributed by atoms with Crippen LogP contribution in [0.25, 0.3) is 0 Å². The van der Waals surface area contributed by atoms with Crippen LogP contribution < -0.4 is 0 Å². The number of aromatic nitrogens is 2. The van der Waals surface area contributed by atoms with Crippen molar-refractivity contribution in [2.24, 2.45) is 13.0 Å². The van der Waals surface area contributed by atoms with Crippen LogP contribution in [0.15, 0.2) is 30.3 Å². The van der Waals surface area contributed by atoms with E-state index in [0.717, 1.165) is 30.9 Å². The summed E-state index contributed by atoms with van der Waals surface area (Å²) in [6.45, 7) is 6.60. The molecule has 22 heavy (non-hydrogen) atoms. The van der Waals surface area contributed by atoms with Gasteiger partial charge in [0.2, 0.25) is 0 Å². The third-order valence-electron chi connectivity index (χ3n) is 3.78. The van der Waals surface area contributed by atoms with Crippen LogP contribution in [0.5, 0.6) is 0 Å². The van der Waals surface area contributed by atoms with E-state index in [0.29, 0.717) is 5.15 Å². The second kappa shape index (κ2) is 7.77. The highest BCUT2D eigenvalue weighted by molar-refractivity contribution is 6.30. The summed E-state index contributed by atoms with van der Waals surface area (Å²) in [5.74, 6) is 0.222. The van der Waals surface area contributed by atoms with E-state index < -0.39 is 0 Å². The van der Waals surface area contributed by atoms with Crippen molar-refractivity contribution in [3.63, 3.8) is 0 Å². The molecular weight excluding hydrogens is 298 g/mol. The van der Waals surface area contributed by atoms with Gasteiger partial charge in [0.15, 0.2) is 0 Å². The molecule has 0 aliphatic heterocycles. The van der Waals surface area contributed by atoms with E-state index in [1.807, 2.05) is 32.2 Å². The first kappa shape index (κ1) is 17.0. The number of aliphatic hydroxyl groups excluding tert-OH is 1. The normalized spacial score (nSPS) is 12.8. The number of aliphatic hydroxyl groups is 1. The minimum Gasteiger partial charge on any atom is -0.396 e. The molecule has 5 heteroatoms. The Morgan fingerprint density at radius 2 is 1.95 bits per heavy atom. The van der Waals surface area contributed by atoms with Crippen LogP contribution in [-0.4, -0.2) is 32.9 Å². The second-order valence-electron chi connectivity index (χ2n) is 5.92. The lowest BCUT2D eigenvalue weighted by molar-refractivity contribution is 0.163. The van der Waals surface area contributed by atoms with Gasteiger partial charge in [-0.15, -0.1) is 0 Å². The van der Waals surface area contributed by atoms with E-state index in [1.165, 1.54) is 5.56 Å². The Labute approximate surface area is 137 Å². The molecular formula is C17H24ClN3O. The Hall–Kier alpha value is -1.36. The smallest absolute Gasteiger partial charge is 0.131 e. The minimum absolute atomic E-state index is 0.186. The van der Waals surface area contributed by atoms with E-state index in [1.54, 1.807) is 4.68 Å². The van der Waals surface area contributed by atoms with Gasteiger partial charge in [0, 0.05) is 38.9 Å². The third kappa shape index (κ3) is 4.32. The quantitative estimate of drug-likeness (QED) is 0.852. The number of halogens is 1. The zero-order valence-corrected chi connectivity index (χ0v) is 14.2. The van der Waals surface area contributed by atoms with Crippen LogP contribution in [0.4, 0.5) is 0 Å². The fourth-order valence-electron chi connectivity index (χ4n) is 2.60. The van der Waals surface area contributed by atoms with Crippen molar-refractivity contribution in [3.05, 3.63) is 52.3 Å². The molecule has 0 radical (unpaired) electrons. The molecule has 0 amide bonds. The molecule has 1 atom stereocenters. The average molecular weight is 322 g/mol. The van der Waals surface area contributed by atoms with Crippen molar-refractivity contribution in [3.8, 4) is 0 Å². The molecule has 0 saturated carbocycles. The summed E-state index contributed by atoms with van der Waals surface area (Å²) in [5.41, 5.74) is 3.28. The number of nitrogens with zero attached hydrogens (tertiary/aromatic N) is 3. The lowest BCUT2D eigenvalue weighted by atomic mass is 10.1. The maximum Gasteiger partial charge on any atom is 0.131 e. The number of hydrogen-bond donors (Lipinski definition) is 1. The Morgan fingerprint density at radius 1 is 1.27 bits per heavy atom. The number of benzene rings is 1. The van der Waals surface area contributed by atoms with E-state index in [2.05, 4.69) is 29.1 Å². The Bertz CT molecular complexity index is 597. The average Bonchev–Trinajstić information content (AvgIpc) is 2.74. The third-order valence-corrected chi connectivity index (χ3v) is 4.25. The largest absolute Gasteiger partial charge is 0.396 e. The fourth-order valence-corrected chi connectivity index (χ4v) is 2.84. The molecule has 0 unspecified atom stereocenters. The van der Waals surface area contributed by atoms with Gasteiger partial charge in [-0.25, -0.2) is 0 Å². The molecule has 4 nitrogen and oxygen atoms in total. The van der Waals surface area contributed by atoms with Crippen molar-refractivity contribution < 1.29 is 5.11 Å². The Morgan fingerprint density at radius 3 is 2.50 bits per heavy atom. The van der Waals surface area contributed by atoms with Crippen molar-refractivity contribution in [1.82, 2.24) is 14.7 Å². The standard InChI is InChI=1S/C17H24ClN3O/c1-13(12-22)9-21(10-15-7-5-4-6-8-15)11-16-14(2)19-20(3)17(16)18/h4-8,13,22H,9-12H2,1-3H3/t13-/m1/s1. The van der Waals surface area contributed by atoms with Gasteiger partial charge < -0.3 is 5.11 Å². The number of aryl methyl sites for hydroxylation is 2. The molecule has 0 aliphatic rings. The van der Waals surface area contributed by atoms with Gasteiger partial charge in [0.05, 0.1) is 5.69 Å². The Kier molecular flexibility index (Phi) is 6.00. The predicted octanol–water partition coefficient (Wildman–Crippen LogP) is 3.01. The molecule has 2 rings (SSSR count). The SMILES string of the molecule is Cc1nn(C)c(Cl)c1CN(Cc1ccccc1)C[C@@H](C)CO. The van der Waals surface area contributed by atoms with Crippen LogP contribution in [0.1, 0.15) is 23.7 Å². The lowest BCUT2D eigenvalue weighted by Gasteiger charge is -2.25. The Balaban J connectivity index is 2.17. The highest BCUT2D eigenvalue weighted by Crippen LogP contribution is 2.22. The number of hydrogen-bond acceptors (Lipinski definition) is 3. The van der Waals surface area contributed by atoms with Crippen molar-refractivity contribution in [2.75, 3.05) is 13.2 Å². The zero-order chi connectivity index (χ0) is 16.1. The predicted molar refractivity (Wildman–Crippen MR) is 89.8 cm³/mol. The first-order chi connectivity index (χ1) is 10.5. The van der Waals surface area contributed by atoms with E-state index in [-0.39, 0.29) is 12.5 Å². The van der Waals surface area contributed by atoms with Crippen LogP contribution >= 0.6 is 11.6 Å². The monoisotopic (exact) mass is 321 g/mol. The summed E-state index contributed by atoms with van der Waals surface area (Å²) in [4.78, 5) is 2.31. The van der Waals surface area contributed by atoms with Crippen molar-refractivity contribution in [2.45, 2.75) is 26.9 Å². The van der Waals surface area contributed by atoms with Crippen LogP contribution in [0, 0.1) is 12.8 Å². The zero-order valence-electron chi connectivity index (χ0n) is 13.5. The van der Waals surface area contributed by atoms with Gasteiger partial charge in [-0.1, -0.05) is 48.9 Å². The maximum atomic E-state index is 9.36. The topological polar surface area (TPSA) is 41.3 Å². The van der Waals surface area contributed by atoms with Gasteiger partial charge in [0.25, 0.3) is 0 Å². The highest BCUT2D eigenvalue weighted by Gasteiger charge is 2.17. The number of rotatable bonds is 7. The fraction of sp³-hybridized carbons (Fsp3) is 0.471. The van der Waals surface area contributed by atoms with E-state index in [4.69, 9.17) is 11.6 Å². The first-order valence-corrected chi connectivity index (χ1v) is 7.94. The van der Waals surface area contributed by atoms with E-state index >= 15 is 0 Å². The van der Waals surface area contributed by atoms with Crippen LogP contribution in [-0.2, 0) is 20.1 Å². The molecule has 2 aromatic rings. The lowest BCUT2D eigenvalue weighted by Crippen LogP contribution is -2.29. The molecule has 1 heterocycles. The van der Waals surface area contributed by atoms with Gasteiger partial charge in [-0.3, -0.25) is 9.58 Å². The molecule has 0 fully saturated rings. The summed E-state index contributed by atoms with van der Waals surface area (Å²) < 4.78 is 1.71. The first-order valence-electron chi connectivity index (χ1n) is 7.56. The second-order valence-corrected chi connectivity index (χ2v) is 6.28. The summed E-state index contributed by atoms with van der Waals surface area (Å²) in [6.07, 6.45) is 0. The highest BCUT2D eigenvalue weighted by atomic mass is 35.5. The van der Waals surface area contributed by atoms with Crippen LogP contribution in [0.2, 0.25) is 5.15 Å². The van der Waals surface area contributed by atoms with Gasteiger partial charge in [-0.05, 0) is 18.4 Å². The maximum absolute atomic E-state index is 9.36. The molecule has 1 aromatic carbocycles.